The topological polar surface area (TPSA) is 79.3 Å². The summed E-state index contributed by atoms with van der Waals surface area (Å²) in [4.78, 5) is 3.57. The molecule has 0 fully saturated rings. The lowest BCUT2D eigenvalue weighted by atomic mass is 10.3. The summed E-state index contributed by atoms with van der Waals surface area (Å²) in [6.45, 7) is 1.53. The number of aromatic nitrogens is 1. The number of hydrogen-bond donors (Lipinski definition) is 2. The number of aryl methyl sites for hydroxylation is 1. The number of hydrogen-bond acceptors (Lipinski definition) is 4. The highest BCUT2D eigenvalue weighted by Crippen LogP contribution is 2.22. The zero-order valence-electron chi connectivity index (χ0n) is 7.61. The molecule has 0 aliphatic carbocycles. The molecule has 15 heavy (non-hydrogen) atoms. The lowest BCUT2D eigenvalue weighted by Gasteiger charge is -2.07. The van der Waals surface area contributed by atoms with Crippen molar-refractivity contribution in [2.75, 3.05) is 4.72 Å². The molecule has 0 saturated carbocycles. The second kappa shape index (κ2) is 3.97. The van der Waals surface area contributed by atoms with Gasteiger partial charge in [-0.2, -0.15) is 8.78 Å². The first-order valence-corrected chi connectivity index (χ1v) is 5.34. The number of halogens is 2. The number of aromatic hydroxyl groups is 1. The SMILES string of the molecule is Cc1ccc(O)c(NS(=O)(=O)C(F)F)n1. The lowest BCUT2D eigenvalue weighted by Crippen LogP contribution is -2.21. The molecule has 5 nitrogen and oxygen atoms in total. The monoisotopic (exact) mass is 238 g/mol. The van der Waals surface area contributed by atoms with Gasteiger partial charge in [0.25, 0.3) is 10.0 Å². The van der Waals surface area contributed by atoms with Crippen molar-refractivity contribution < 1.29 is 22.3 Å². The summed E-state index contributed by atoms with van der Waals surface area (Å²) in [6, 6.07) is 2.57. The van der Waals surface area contributed by atoms with E-state index in [1.807, 2.05) is 0 Å². The van der Waals surface area contributed by atoms with Crippen LogP contribution in [0, 0.1) is 6.92 Å². The van der Waals surface area contributed by atoms with E-state index in [0.717, 1.165) is 6.07 Å². The normalized spacial score (nSPS) is 11.7. The van der Waals surface area contributed by atoms with Crippen LogP contribution in [0.5, 0.6) is 5.75 Å². The van der Waals surface area contributed by atoms with Crippen molar-refractivity contribution in [3.63, 3.8) is 0 Å². The number of nitrogens with one attached hydrogen (secondary N) is 1. The van der Waals surface area contributed by atoms with E-state index in [-0.39, 0.29) is 0 Å². The maximum atomic E-state index is 12.0. The highest BCUT2D eigenvalue weighted by atomic mass is 32.2. The predicted molar refractivity (Wildman–Crippen MR) is 49.2 cm³/mol. The van der Waals surface area contributed by atoms with Crippen LogP contribution in [0.4, 0.5) is 14.6 Å². The largest absolute Gasteiger partial charge is 0.504 e. The first-order valence-electron chi connectivity index (χ1n) is 3.79. The summed E-state index contributed by atoms with van der Waals surface area (Å²) in [5, 5.41) is 9.15. The Hall–Kier alpha value is -1.44. The molecule has 0 unspecified atom stereocenters. The van der Waals surface area contributed by atoms with Gasteiger partial charge in [0.1, 0.15) is 0 Å². The maximum Gasteiger partial charge on any atom is 0.355 e. The second-order valence-corrected chi connectivity index (χ2v) is 4.38. The highest BCUT2D eigenvalue weighted by molar-refractivity contribution is 7.93. The van der Waals surface area contributed by atoms with Gasteiger partial charge in [0.2, 0.25) is 0 Å². The van der Waals surface area contributed by atoms with Crippen molar-refractivity contribution in [2.45, 2.75) is 12.7 Å². The number of pyridine rings is 1. The smallest absolute Gasteiger partial charge is 0.355 e. The Morgan fingerprint density at radius 2 is 2.07 bits per heavy atom. The molecule has 1 rings (SSSR count). The van der Waals surface area contributed by atoms with Crippen LogP contribution in [0.2, 0.25) is 0 Å². The van der Waals surface area contributed by atoms with E-state index < -0.39 is 27.3 Å². The first-order chi connectivity index (χ1) is 6.83. The van der Waals surface area contributed by atoms with Crippen molar-refractivity contribution in [3.8, 4) is 5.75 Å². The van der Waals surface area contributed by atoms with E-state index in [1.54, 1.807) is 0 Å². The third-order valence-electron chi connectivity index (χ3n) is 1.49. The highest BCUT2D eigenvalue weighted by Gasteiger charge is 2.25. The fourth-order valence-electron chi connectivity index (χ4n) is 0.804. The van der Waals surface area contributed by atoms with Crippen molar-refractivity contribution in [3.05, 3.63) is 17.8 Å². The van der Waals surface area contributed by atoms with Gasteiger partial charge < -0.3 is 5.11 Å². The Balaban J connectivity index is 3.05. The Bertz CT molecular complexity index is 461. The molecule has 0 aliphatic rings. The molecule has 2 N–H and O–H groups in total. The summed E-state index contributed by atoms with van der Waals surface area (Å²) < 4.78 is 46.9. The summed E-state index contributed by atoms with van der Waals surface area (Å²) in [6.07, 6.45) is 0. The van der Waals surface area contributed by atoms with Crippen molar-refractivity contribution >= 4 is 15.8 Å². The van der Waals surface area contributed by atoms with Gasteiger partial charge in [0, 0.05) is 5.69 Å². The molecule has 0 atom stereocenters. The molecule has 0 radical (unpaired) electrons. The molecule has 1 aromatic heterocycles. The number of anilines is 1. The van der Waals surface area contributed by atoms with Crippen LogP contribution in [0.3, 0.4) is 0 Å². The van der Waals surface area contributed by atoms with E-state index in [9.17, 15) is 17.2 Å². The van der Waals surface area contributed by atoms with Gasteiger partial charge in [0.05, 0.1) is 0 Å². The molecule has 1 heterocycles. The lowest BCUT2D eigenvalue weighted by molar-refractivity contribution is 0.236. The van der Waals surface area contributed by atoms with Gasteiger partial charge in [-0.15, -0.1) is 0 Å². The van der Waals surface area contributed by atoms with E-state index in [0.29, 0.717) is 5.69 Å². The van der Waals surface area contributed by atoms with Gasteiger partial charge in [-0.3, -0.25) is 4.72 Å². The van der Waals surface area contributed by atoms with Crippen LogP contribution >= 0.6 is 0 Å². The summed E-state index contributed by atoms with van der Waals surface area (Å²) in [5.74, 6) is -4.58. The Labute approximate surface area is 84.8 Å². The van der Waals surface area contributed by atoms with Crippen LogP contribution in [0.1, 0.15) is 5.69 Å². The van der Waals surface area contributed by atoms with Crippen LogP contribution in [-0.2, 0) is 10.0 Å². The molecule has 0 aliphatic heterocycles. The molecule has 0 amide bonds. The number of alkyl halides is 2. The average Bonchev–Trinajstić information content (AvgIpc) is 2.10. The summed E-state index contributed by atoms with van der Waals surface area (Å²) in [5.41, 5.74) is 0.389. The number of sulfonamides is 1. The van der Waals surface area contributed by atoms with Crippen molar-refractivity contribution in [2.24, 2.45) is 0 Å². The van der Waals surface area contributed by atoms with Crippen LogP contribution < -0.4 is 4.72 Å². The van der Waals surface area contributed by atoms with Gasteiger partial charge in [-0.05, 0) is 19.1 Å². The minimum absolute atomic E-state index is 0.389. The Morgan fingerprint density at radius 1 is 1.47 bits per heavy atom. The van der Waals surface area contributed by atoms with Crippen molar-refractivity contribution in [1.29, 1.82) is 0 Å². The molecule has 0 spiro atoms. The van der Waals surface area contributed by atoms with E-state index >= 15 is 0 Å². The van der Waals surface area contributed by atoms with Crippen LogP contribution in [-0.4, -0.2) is 24.3 Å². The molecule has 8 heteroatoms. The fraction of sp³-hybridized carbons (Fsp3) is 0.286. The van der Waals surface area contributed by atoms with Gasteiger partial charge in [-0.1, -0.05) is 0 Å². The Morgan fingerprint density at radius 3 is 2.60 bits per heavy atom. The Kier molecular flexibility index (Phi) is 3.08. The van der Waals surface area contributed by atoms with Crippen LogP contribution in [0.15, 0.2) is 12.1 Å². The summed E-state index contributed by atoms with van der Waals surface area (Å²) >= 11 is 0. The second-order valence-electron chi connectivity index (χ2n) is 2.73. The molecule has 1 aromatic rings. The zero-order chi connectivity index (χ0) is 11.6. The number of nitrogens with zero attached hydrogens (tertiary/aromatic N) is 1. The molecular formula is C7H8F2N2O3S. The third-order valence-corrected chi connectivity index (χ3v) is 2.43. The van der Waals surface area contributed by atoms with Crippen LogP contribution in [0.25, 0.3) is 0 Å². The van der Waals surface area contributed by atoms with Gasteiger partial charge >= 0.3 is 5.76 Å². The summed E-state index contributed by atoms with van der Waals surface area (Å²) in [7, 11) is -4.80. The van der Waals surface area contributed by atoms with Crippen molar-refractivity contribution in [1.82, 2.24) is 4.98 Å². The van der Waals surface area contributed by atoms with E-state index in [1.165, 1.54) is 17.7 Å². The minimum atomic E-state index is -4.80. The molecule has 0 aromatic carbocycles. The van der Waals surface area contributed by atoms with E-state index in [2.05, 4.69) is 4.98 Å². The fourth-order valence-corrected chi connectivity index (χ4v) is 1.31. The predicted octanol–water partition coefficient (Wildman–Crippen LogP) is 1.06. The molecular weight excluding hydrogens is 230 g/mol. The maximum absolute atomic E-state index is 12.0. The van der Waals surface area contributed by atoms with Gasteiger partial charge in [-0.25, -0.2) is 13.4 Å². The number of rotatable bonds is 3. The standard InChI is InChI=1S/C7H8F2N2O3S/c1-4-2-3-5(12)6(10-4)11-15(13,14)7(8)9/h2-3,7,12H,1H3,(H,10,11). The average molecular weight is 238 g/mol. The first kappa shape index (κ1) is 11.6. The quantitative estimate of drug-likeness (QED) is 0.825. The molecule has 0 bridgehead atoms. The zero-order valence-corrected chi connectivity index (χ0v) is 8.42. The third kappa shape index (κ3) is 2.75. The molecule has 84 valence electrons. The minimum Gasteiger partial charge on any atom is -0.504 e. The van der Waals surface area contributed by atoms with Gasteiger partial charge in [0.15, 0.2) is 11.6 Å². The van der Waals surface area contributed by atoms with E-state index in [4.69, 9.17) is 5.11 Å². The molecule has 0 saturated heterocycles.